The van der Waals surface area contributed by atoms with E-state index in [-0.39, 0.29) is 0 Å². The quantitative estimate of drug-likeness (QED) is 0.172. The Morgan fingerprint density at radius 3 is 1.60 bits per heavy atom. The number of furan rings is 2. The van der Waals surface area contributed by atoms with Gasteiger partial charge in [0.1, 0.15) is 22.3 Å². The van der Waals surface area contributed by atoms with Gasteiger partial charge in [0, 0.05) is 74.9 Å². The van der Waals surface area contributed by atoms with Crippen LogP contribution in [0.15, 0.2) is 215 Å². The molecule has 6 nitrogen and oxygen atoms in total. The summed E-state index contributed by atoms with van der Waals surface area (Å²) in [4.78, 5) is 16.4. The van der Waals surface area contributed by atoms with Crippen LogP contribution in [0.1, 0.15) is 0 Å². The van der Waals surface area contributed by atoms with Crippen LogP contribution in [0.25, 0.3) is 148 Å². The molecule has 316 valence electrons. The number of aromatic nitrogens is 4. The number of thiophene rings is 1. The van der Waals surface area contributed by atoms with Crippen LogP contribution in [-0.4, -0.2) is 19.5 Å². The smallest absolute Gasteiger partial charge is 0.164 e. The Morgan fingerprint density at radius 1 is 0.338 bits per heavy atom. The van der Waals surface area contributed by atoms with E-state index in [9.17, 15) is 0 Å². The van der Waals surface area contributed by atoms with Crippen molar-refractivity contribution in [3.8, 4) is 51.0 Å². The molecule has 0 aliphatic heterocycles. The predicted molar refractivity (Wildman–Crippen MR) is 281 cm³/mol. The Bertz CT molecular complexity index is 4460. The normalized spacial score (nSPS) is 12.1. The van der Waals surface area contributed by atoms with Crippen molar-refractivity contribution >= 4 is 108 Å². The molecule has 0 aliphatic carbocycles. The van der Waals surface area contributed by atoms with Crippen LogP contribution in [0, 0.1) is 0 Å². The molecule has 15 rings (SSSR count). The van der Waals surface area contributed by atoms with Gasteiger partial charge < -0.3 is 13.4 Å². The minimum atomic E-state index is 0.551. The Kier molecular flexibility index (Phi) is 7.85. The number of hydrogen-bond donors (Lipinski definition) is 0. The van der Waals surface area contributed by atoms with Gasteiger partial charge in [-0.3, -0.25) is 0 Å². The Morgan fingerprint density at radius 2 is 0.897 bits per heavy atom. The molecule has 0 saturated carbocycles. The fourth-order valence-corrected chi connectivity index (χ4v) is 11.7. The summed E-state index contributed by atoms with van der Waals surface area (Å²) in [6, 6.07) is 72.8. The first-order valence-electron chi connectivity index (χ1n) is 22.7. The topological polar surface area (TPSA) is 69.9 Å². The maximum Gasteiger partial charge on any atom is 0.164 e. The van der Waals surface area contributed by atoms with Crippen molar-refractivity contribution < 1.29 is 8.83 Å². The van der Waals surface area contributed by atoms with Crippen molar-refractivity contribution in [2.45, 2.75) is 0 Å². The summed E-state index contributed by atoms with van der Waals surface area (Å²) >= 11 is 1.82. The molecule has 10 aromatic carbocycles. The van der Waals surface area contributed by atoms with Gasteiger partial charge in [-0.15, -0.1) is 11.3 Å². The molecule has 0 fully saturated rings. The van der Waals surface area contributed by atoms with E-state index in [1.807, 2.05) is 72.0 Å². The molecule has 0 N–H and O–H groups in total. The highest BCUT2D eigenvalue weighted by Gasteiger charge is 2.23. The van der Waals surface area contributed by atoms with Crippen molar-refractivity contribution in [3.63, 3.8) is 0 Å². The average Bonchev–Trinajstić information content (AvgIpc) is 4.16. The lowest BCUT2D eigenvalue weighted by Gasteiger charge is -2.16. The highest BCUT2D eigenvalue weighted by Crippen LogP contribution is 2.44. The van der Waals surface area contributed by atoms with Crippen LogP contribution in [0.2, 0.25) is 0 Å². The van der Waals surface area contributed by atoms with Gasteiger partial charge in [0.15, 0.2) is 17.5 Å². The molecule has 0 radical (unpaired) electrons. The van der Waals surface area contributed by atoms with Crippen molar-refractivity contribution in [2.75, 3.05) is 0 Å². The average molecular weight is 887 g/mol. The molecule has 0 bridgehead atoms. The Labute approximate surface area is 391 Å². The number of benzene rings is 10. The second-order valence-corrected chi connectivity index (χ2v) is 18.6. The summed E-state index contributed by atoms with van der Waals surface area (Å²) in [7, 11) is 0. The molecule has 7 heteroatoms. The Balaban J connectivity index is 1.04. The summed E-state index contributed by atoms with van der Waals surface area (Å²) in [5.74, 6) is 1.66. The number of fused-ring (bicyclic) bond motifs is 13. The van der Waals surface area contributed by atoms with E-state index >= 15 is 0 Å². The third-order valence-corrected chi connectivity index (χ3v) is 14.8. The van der Waals surface area contributed by atoms with Crippen molar-refractivity contribution in [1.82, 2.24) is 19.5 Å². The van der Waals surface area contributed by atoms with Gasteiger partial charge in [0.05, 0.1) is 11.0 Å². The number of rotatable bonds is 5. The molecule has 5 aromatic heterocycles. The standard InChI is InChI=1S/C61H34N4O2S/c1-2-14-36-33-50-47(31-35(36)13-1)39-15-3-7-21-49(39)65(50)38-28-29-41(46(34-38)37-27-30-56-48(32-37)40-16-6-10-26-55(40)68-56)59-62-60(44-19-11-24-53-57(44)42-17-4-8-22-51(42)66-53)64-61(63-59)45-20-12-25-54-58(45)43-18-5-9-23-52(43)67-54/h1-34H. The summed E-state index contributed by atoms with van der Waals surface area (Å²) in [6.07, 6.45) is 0. The summed E-state index contributed by atoms with van der Waals surface area (Å²) < 4.78 is 17.8. The lowest BCUT2D eigenvalue weighted by Crippen LogP contribution is -2.02. The fraction of sp³-hybridized carbons (Fsp3) is 0. The molecule has 0 aliphatic rings. The molecular weight excluding hydrogens is 853 g/mol. The van der Waals surface area contributed by atoms with Crippen molar-refractivity contribution in [1.29, 1.82) is 0 Å². The van der Waals surface area contributed by atoms with Gasteiger partial charge in [-0.25, -0.2) is 15.0 Å². The van der Waals surface area contributed by atoms with Crippen LogP contribution in [0.3, 0.4) is 0 Å². The van der Waals surface area contributed by atoms with E-state index in [4.69, 9.17) is 23.8 Å². The SMILES string of the molecule is c1ccc2cc3c(cc2c1)c1ccccc1n3-c1ccc(-c2nc(-c3cccc4oc5ccccc5c34)nc(-c3cccc4oc5ccccc5c34)n2)c(-c2ccc3sc4ccccc4c3c2)c1. The molecule has 0 unspecified atom stereocenters. The van der Waals surface area contributed by atoms with E-state index in [0.717, 1.165) is 88.4 Å². The number of hydrogen-bond acceptors (Lipinski definition) is 6. The van der Waals surface area contributed by atoms with Crippen LogP contribution in [0.4, 0.5) is 0 Å². The zero-order valence-electron chi connectivity index (χ0n) is 36.1. The maximum atomic E-state index is 6.42. The monoisotopic (exact) mass is 886 g/mol. The highest BCUT2D eigenvalue weighted by molar-refractivity contribution is 7.25. The van der Waals surface area contributed by atoms with Gasteiger partial charge in [-0.1, -0.05) is 127 Å². The van der Waals surface area contributed by atoms with Crippen LogP contribution in [0.5, 0.6) is 0 Å². The van der Waals surface area contributed by atoms with Crippen LogP contribution >= 0.6 is 11.3 Å². The second kappa shape index (κ2) is 14.3. The molecule has 0 saturated heterocycles. The second-order valence-electron chi connectivity index (χ2n) is 17.5. The first-order valence-corrected chi connectivity index (χ1v) is 23.6. The minimum absolute atomic E-state index is 0.551. The molecule has 0 atom stereocenters. The predicted octanol–water partition coefficient (Wildman–Crippen LogP) is 17.0. The Hall–Kier alpha value is -8.91. The highest BCUT2D eigenvalue weighted by atomic mass is 32.1. The number of nitrogens with zero attached hydrogens (tertiary/aromatic N) is 4. The third kappa shape index (κ3) is 5.54. The summed E-state index contributed by atoms with van der Waals surface area (Å²) in [5.41, 5.74) is 11.2. The zero-order valence-corrected chi connectivity index (χ0v) is 37.0. The van der Waals surface area contributed by atoms with Gasteiger partial charge in [-0.05, 0) is 101 Å². The summed E-state index contributed by atoms with van der Waals surface area (Å²) in [6.45, 7) is 0. The molecule has 5 heterocycles. The molecule has 0 amide bonds. The zero-order chi connectivity index (χ0) is 44.5. The maximum absolute atomic E-state index is 6.42. The first kappa shape index (κ1) is 37.3. The third-order valence-electron chi connectivity index (χ3n) is 13.7. The van der Waals surface area contributed by atoms with Gasteiger partial charge in [-0.2, -0.15) is 0 Å². The van der Waals surface area contributed by atoms with Gasteiger partial charge >= 0.3 is 0 Å². The largest absolute Gasteiger partial charge is 0.456 e. The van der Waals surface area contributed by atoms with Crippen molar-refractivity contribution in [2.24, 2.45) is 0 Å². The van der Waals surface area contributed by atoms with Gasteiger partial charge in [0.2, 0.25) is 0 Å². The van der Waals surface area contributed by atoms with Crippen LogP contribution in [-0.2, 0) is 0 Å². The van der Waals surface area contributed by atoms with E-state index < -0.39 is 0 Å². The summed E-state index contributed by atoms with van der Waals surface area (Å²) in [5, 5.41) is 11.2. The van der Waals surface area contributed by atoms with Crippen LogP contribution < -0.4 is 0 Å². The van der Waals surface area contributed by atoms with E-state index in [0.29, 0.717) is 17.5 Å². The molecule has 68 heavy (non-hydrogen) atoms. The van der Waals surface area contributed by atoms with Gasteiger partial charge in [0.25, 0.3) is 0 Å². The molecule has 15 aromatic rings. The molecular formula is C61H34N4O2S. The lowest BCUT2D eigenvalue weighted by molar-refractivity contribution is 0.668. The fourth-order valence-electron chi connectivity index (χ4n) is 10.6. The molecule has 0 spiro atoms. The first-order chi connectivity index (χ1) is 33.7. The number of para-hydroxylation sites is 3. The van der Waals surface area contributed by atoms with E-state index in [1.165, 1.54) is 41.7 Å². The lowest BCUT2D eigenvalue weighted by atomic mass is 9.96. The van der Waals surface area contributed by atoms with E-state index in [1.54, 1.807) is 0 Å². The minimum Gasteiger partial charge on any atom is -0.456 e. The van der Waals surface area contributed by atoms with Crippen molar-refractivity contribution in [3.05, 3.63) is 206 Å². The van der Waals surface area contributed by atoms with E-state index in [2.05, 4.69) is 150 Å².